The Morgan fingerprint density at radius 1 is 1.21 bits per heavy atom. The van der Waals surface area contributed by atoms with Crippen LogP contribution in [0.3, 0.4) is 0 Å². The molecule has 2 heterocycles. The van der Waals surface area contributed by atoms with Gasteiger partial charge in [-0.3, -0.25) is 0 Å². The van der Waals surface area contributed by atoms with Crippen LogP contribution >= 0.6 is 15.9 Å². The van der Waals surface area contributed by atoms with E-state index in [2.05, 4.69) is 44.8 Å². The van der Waals surface area contributed by atoms with E-state index in [1.165, 1.54) is 38.8 Å². The molecule has 0 spiro atoms. The topological polar surface area (TPSA) is 32.3 Å². The summed E-state index contributed by atoms with van der Waals surface area (Å²) in [5.74, 6) is 2.68. The summed E-state index contributed by atoms with van der Waals surface area (Å²) < 4.78 is 0.916. The summed E-state index contributed by atoms with van der Waals surface area (Å²) in [5.41, 5.74) is 0. The Bertz CT molecular complexity index is 453. The zero-order chi connectivity index (χ0) is 13.4. The number of nitrogens with zero attached hydrogens (tertiary/aromatic N) is 4. The van der Waals surface area contributed by atoms with Crippen LogP contribution in [0.5, 0.6) is 0 Å². The van der Waals surface area contributed by atoms with Crippen LogP contribution in [0.15, 0.2) is 10.7 Å². The first kappa shape index (κ1) is 13.3. The monoisotopic (exact) mass is 324 g/mol. The minimum Gasteiger partial charge on any atom is -0.356 e. The number of halogens is 1. The van der Waals surface area contributed by atoms with E-state index in [9.17, 15) is 0 Å². The number of hydrogen-bond donors (Lipinski definition) is 0. The summed E-state index contributed by atoms with van der Waals surface area (Å²) in [6.45, 7) is 2.35. The first-order valence-corrected chi connectivity index (χ1v) is 7.88. The lowest BCUT2D eigenvalue weighted by atomic mass is 10.0. The molecule has 1 aromatic rings. The second-order valence-electron chi connectivity index (χ2n) is 5.83. The predicted octanol–water partition coefficient (Wildman–Crippen LogP) is 2.65. The fourth-order valence-corrected chi connectivity index (χ4v) is 3.08. The van der Waals surface area contributed by atoms with Crippen molar-refractivity contribution in [2.45, 2.75) is 37.6 Å². The molecule has 5 heteroatoms. The van der Waals surface area contributed by atoms with Crippen molar-refractivity contribution in [3.05, 3.63) is 16.5 Å². The van der Waals surface area contributed by atoms with Crippen molar-refractivity contribution in [1.29, 1.82) is 0 Å². The molecule has 0 atom stereocenters. The van der Waals surface area contributed by atoms with E-state index in [0.717, 1.165) is 16.2 Å². The van der Waals surface area contributed by atoms with Gasteiger partial charge in [0.25, 0.3) is 0 Å². The number of piperidine rings is 1. The molecule has 0 N–H and O–H groups in total. The van der Waals surface area contributed by atoms with E-state index in [1.807, 2.05) is 6.07 Å². The fraction of sp³-hybridized carbons (Fsp3) is 0.714. The van der Waals surface area contributed by atoms with Crippen molar-refractivity contribution in [3.8, 4) is 0 Å². The average Bonchev–Trinajstić information content (AvgIpc) is 3.22. The standard InChI is InChI=1S/C14H21BrN4/c1-18-7-5-11(6-8-18)19(2)13-9-12(15)16-14(17-13)10-3-4-10/h9-11H,3-8H2,1-2H3. The highest BCUT2D eigenvalue weighted by molar-refractivity contribution is 9.10. The summed E-state index contributed by atoms with van der Waals surface area (Å²) in [7, 11) is 4.37. The number of aromatic nitrogens is 2. The lowest BCUT2D eigenvalue weighted by Crippen LogP contribution is -2.42. The molecular formula is C14H21BrN4. The molecule has 0 radical (unpaired) electrons. The van der Waals surface area contributed by atoms with Gasteiger partial charge in [-0.1, -0.05) is 0 Å². The predicted molar refractivity (Wildman–Crippen MR) is 80.6 cm³/mol. The van der Waals surface area contributed by atoms with Gasteiger partial charge in [0.1, 0.15) is 16.2 Å². The van der Waals surface area contributed by atoms with Gasteiger partial charge in [-0.2, -0.15) is 0 Å². The third kappa shape index (κ3) is 3.08. The fourth-order valence-electron chi connectivity index (χ4n) is 2.70. The molecule has 1 saturated carbocycles. The highest BCUT2D eigenvalue weighted by Crippen LogP contribution is 2.39. The van der Waals surface area contributed by atoms with Crippen molar-refractivity contribution < 1.29 is 0 Å². The SMILES string of the molecule is CN1CCC(N(C)c2cc(Br)nc(C3CC3)n2)CC1. The normalized spacial score (nSPS) is 21.6. The minimum atomic E-state index is 0.599. The lowest BCUT2D eigenvalue weighted by Gasteiger charge is -2.35. The number of rotatable bonds is 3. The van der Waals surface area contributed by atoms with Crippen LogP contribution in [0, 0.1) is 0 Å². The van der Waals surface area contributed by atoms with E-state index in [-0.39, 0.29) is 0 Å². The summed E-state index contributed by atoms with van der Waals surface area (Å²) in [6.07, 6.45) is 4.92. The molecule has 0 unspecified atom stereocenters. The summed E-state index contributed by atoms with van der Waals surface area (Å²) in [5, 5.41) is 0. The zero-order valence-electron chi connectivity index (χ0n) is 11.6. The summed E-state index contributed by atoms with van der Waals surface area (Å²) in [6, 6.07) is 2.65. The van der Waals surface area contributed by atoms with Crippen LogP contribution in [0.4, 0.5) is 5.82 Å². The molecule has 1 aliphatic carbocycles. The van der Waals surface area contributed by atoms with Gasteiger partial charge in [-0.25, -0.2) is 9.97 Å². The molecule has 1 saturated heterocycles. The maximum absolute atomic E-state index is 4.76. The second-order valence-corrected chi connectivity index (χ2v) is 6.64. The largest absolute Gasteiger partial charge is 0.356 e. The smallest absolute Gasteiger partial charge is 0.135 e. The minimum absolute atomic E-state index is 0.599. The number of anilines is 1. The van der Waals surface area contributed by atoms with Crippen LogP contribution < -0.4 is 4.90 Å². The van der Waals surface area contributed by atoms with Gasteiger partial charge in [0, 0.05) is 25.1 Å². The second kappa shape index (κ2) is 5.37. The molecule has 1 aliphatic heterocycles. The first-order chi connectivity index (χ1) is 9.13. The van der Waals surface area contributed by atoms with Crippen molar-refractivity contribution in [1.82, 2.24) is 14.9 Å². The van der Waals surface area contributed by atoms with Gasteiger partial charge in [-0.05, 0) is 61.8 Å². The van der Waals surface area contributed by atoms with Gasteiger partial charge in [0.05, 0.1) is 0 Å². The van der Waals surface area contributed by atoms with E-state index in [4.69, 9.17) is 4.98 Å². The third-order valence-corrected chi connectivity index (χ3v) is 4.64. The molecule has 4 nitrogen and oxygen atoms in total. The molecule has 2 aliphatic rings. The van der Waals surface area contributed by atoms with Gasteiger partial charge in [0.15, 0.2) is 0 Å². The van der Waals surface area contributed by atoms with Gasteiger partial charge >= 0.3 is 0 Å². The van der Waals surface area contributed by atoms with Crippen LogP contribution in [-0.4, -0.2) is 48.1 Å². The van der Waals surface area contributed by atoms with Gasteiger partial charge in [0.2, 0.25) is 0 Å². The Balaban J connectivity index is 1.76. The Morgan fingerprint density at radius 3 is 2.53 bits per heavy atom. The van der Waals surface area contributed by atoms with Gasteiger partial charge in [-0.15, -0.1) is 0 Å². The van der Waals surface area contributed by atoms with E-state index in [1.54, 1.807) is 0 Å². The highest BCUT2D eigenvalue weighted by atomic mass is 79.9. The third-order valence-electron chi connectivity index (χ3n) is 4.24. The summed E-state index contributed by atoms with van der Waals surface area (Å²) >= 11 is 3.52. The van der Waals surface area contributed by atoms with Crippen LogP contribution in [0.1, 0.15) is 37.4 Å². The molecule has 104 valence electrons. The maximum atomic E-state index is 4.76. The Hall–Kier alpha value is -0.680. The average molecular weight is 325 g/mol. The van der Waals surface area contributed by atoms with Gasteiger partial charge < -0.3 is 9.80 Å². The van der Waals surface area contributed by atoms with E-state index in [0.29, 0.717) is 12.0 Å². The molecule has 2 fully saturated rings. The van der Waals surface area contributed by atoms with Crippen LogP contribution in [0.25, 0.3) is 0 Å². The number of hydrogen-bond acceptors (Lipinski definition) is 4. The molecule has 0 amide bonds. The van der Waals surface area contributed by atoms with Crippen molar-refractivity contribution in [2.24, 2.45) is 0 Å². The van der Waals surface area contributed by atoms with Crippen molar-refractivity contribution in [2.75, 3.05) is 32.1 Å². The quantitative estimate of drug-likeness (QED) is 0.800. The Kier molecular flexibility index (Phi) is 3.76. The highest BCUT2D eigenvalue weighted by Gasteiger charge is 2.28. The van der Waals surface area contributed by atoms with Crippen molar-refractivity contribution in [3.63, 3.8) is 0 Å². The van der Waals surface area contributed by atoms with Crippen LogP contribution in [0.2, 0.25) is 0 Å². The van der Waals surface area contributed by atoms with E-state index < -0.39 is 0 Å². The maximum Gasteiger partial charge on any atom is 0.135 e. The molecule has 1 aromatic heterocycles. The molecule has 0 aromatic carbocycles. The Morgan fingerprint density at radius 2 is 1.89 bits per heavy atom. The lowest BCUT2D eigenvalue weighted by molar-refractivity contribution is 0.252. The zero-order valence-corrected chi connectivity index (χ0v) is 13.2. The molecule has 0 bridgehead atoms. The number of likely N-dealkylation sites (tertiary alicyclic amines) is 1. The first-order valence-electron chi connectivity index (χ1n) is 7.09. The summed E-state index contributed by atoms with van der Waals surface area (Å²) in [4.78, 5) is 14.0. The van der Waals surface area contributed by atoms with Crippen LogP contribution in [-0.2, 0) is 0 Å². The molecule has 3 rings (SSSR count). The molecule has 19 heavy (non-hydrogen) atoms. The molecular weight excluding hydrogens is 304 g/mol. The van der Waals surface area contributed by atoms with E-state index >= 15 is 0 Å². The Labute approximate surface area is 123 Å². The van der Waals surface area contributed by atoms with Crippen molar-refractivity contribution >= 4 is 21.7 Å².